The van der Waals surface area contributed by atoms with Gasteiger partial charge in [-0.3, -0.25) is 4.79 Å². The van der Waals surface area contributed by atoms with Gasteiger partial charge >= 0.3 is 5.97 Å². The number of hydrogen-bond acceptors (Lipinski definition) is 4. The van der Waals surface area contributed by atoms with Crippen LogP contribution in [-0.2, 0) is 4.74 Å². The highest BCUT2D eigenvalue weighted by Gasteiger charge is 2.27. The van der Waals surface area contributed by atoms with Gasteiger partial charge in [0.05, 0.1) is 17.7 Å². The number of carbonyl (C=O) groups excluding carboxylic acids is 1. The lowest BCUT2D eigenvalue weighted by atomic mass is 10.1. The van der Waals surface area contributed by atoms with Crippen molar-refractivity contribution in [2.75, 3.05) is 13.2 Å². The van der Waals surface area contributed by atoms with Crippen molar-refractivity contribution >= 4 is 22.6 Å². The molecule has 0 radical (unpaired) electrons. The van der Waals surface area contributed by atoms with Crippen molar-refractivity contribution in [3.63, 3.8) is 0 Å². The first-order chi connectivity index (χ1) is 10.5. The fourth-order valence-corrected chi connectivity index (χ4v) is 2.36. The summed E-state index contributed by atoms with van der Waals surface area (Å²) in [7, 11) is 0. The zero-order chi connectivity index (χ0) is 16.0. The van der Waals surface area contributed by atoms with E-state index in [1.807, 2.05) is 0 Å². The maximum Gasteiger partial charge on any atom is 0.343 e. The molecule has 2 heterocycles. The van der Waals surface area contributed by atoms with E-state index in [0.29, 0.717) is 5.70 Å². The number of benzene rings is 1. The second-order valence-electron chi connectivity index (χ2n) is 4.71. The Bertz CT molecular complexity index is 885. The van der Waals surface area contributed by atoms with Crippen LogP contribution in [0.2, 0.25) is 0 Å². The van der Waals surface area contributed by atoms with Gasteiger partial charge in [0.2, 0.25) is 11.2 Å². The van der Waals surface area contributed by atoms with E-state index >= 15 is 0 Å². The largest absolute Gasteiger partial charge is 0.482 e. The summed E-state index contributed by atoms with van der Waals surface area (Å²) in [6.07, 6.45) is 1.22. The van der Waals surface area contributed by atoms with Crippen LogP contribution in [0.25, 0.3) is 16.6 Å². The minimum Gasteiger partial charge on any atom is -0.482 e. The fourth-order valence-electron chi connectivity index (χ4n) is 2.36. The van der Waals surface area contributed by atoms with Crippen molar-refractivity contribution in [3.05, 3.63) is 46.3 Å². The molecule has 0 bridgehead atoms. The number of aromatic nitrogens is 1. The lowest BCUT2D eigenvalue weighted by Gasteiger charge is -2.23. The smallest absolute Gasteiger partial charge is 0.343 e. The molecule has 1 aromatic heterocycles. The van der Waals surface area contributed by atoms with Crippen molar-refractivity contribution in [3.8, 4) is 5.75 Å². The second-order valence-corrected chi connectivity index (χ2v) is 4.71. The summed E-state index contributed by atoms with van der Waals surface area (Å²) < 4.78 is 38.8. The molecule has 1 aliphatic heterocycles. The Morgan fingerprint density at radius 1 is 1.50 bits per heavy atom. The monoisotopic (exact) mass is 307 g/mol. The third kappa shape index (κ3) is 1.89. The topological polar surface area (TPSA) is 57.5 Å². The van der Waals surface area contributed by atoms with Crippen molar-refractivity contribution in [1.82, 2.24) is 4.57 Å². The minimum absolute atomic E-state index is 0.0493. The van der Waals surface area contributed by atoms with Gasteiger partial charge in [-0.2, -0.15) is 4.39 Å². The van der Waals surface area contributed by atoms with E-state index in [-0.39, 0.29) is 35.4 Å². The van der Waals surface area contributed by atoms with Crippen LogP contribution in [-0.4, -0.2) is 23.8 Å². The molecule has 0 spiro atoms. The van der Waals surface area contributed by atoms with Crippen LogP contribution in [0.1, 0.15) is 17.3 Å². The quantitative estimate of drug-likeness (QED) is 0.799. The van der Waals surface area contributed by atoms with Gasteiger partial charge in [0.25, 0.3) is 0 Å². The van der Waals surface area contributed by atoms with E-state index in [9.17, 15) is 18.4 Å². The van der Waals surface area contributed by atoms with Gasteiger partial charge in [0.15, 0.2) is 11.6 Å². The molecule has 1 aliphatic rings. The summed E-state index contributed by atoms with van der Waals surface area (Å²) in [5.41, 5.74) is -0.584. The number of esters is 1. The van der Waals surface area contributed by atoms with Crippen molar-refractivity contribution in [2.24, 2.45) is 0 Å². The SMILES string of the molecule is C=C1COc2c(F)c(F)cc3c(=O)c(C(=O)OCC)cn1c23. The van der Waals surface area contributed by atoms with Crippen LogP contribution in [0.15, 0.2) is 23.6 Å². The Kier molecular flexibility index (Phi) is 3.20. The highest BCUT2D eigenvalue weighted by atomic mass is 19.2. The maximum atomic E-state index is 13.8. The van der Waals surface area contributed by atoms with Gasteiger partial charge in [-0.05, 0) is 13.0 Å². The number of carbonyl (C=O) groups is 1. The van der Waals surface area contributed by atoms with Crippen LogP contribution in [0.5, 0.6) is 5.75 Å². The molecule has 114 valence electrons. The standard InChI is InChI=1S/C15H11F2NO4/c1-3-21-15(20)9-5-18-7(2)6-22-14-11(17)10(16)4-8(12(14)18)13(9)19/h4-5H,2-3,6H2,1H3. The molecule has 1 aromatic carbocycles. The van der Waals surface area contributed by atoms with Crippen LogP contribution in [0.3, 0.4) is 0 Å². The van der Waals surface area contributed by atoms with E-state index in [1.165, 1.54) is 10.8 Å². The number of nitrogens with zero attached hydrogens (tertiary/aromatic N) is 1. The van der Waals surface area contributed by atoms with E-state index < -0.39 is 23.0 Å². The molecule has 2 aromatic rings. The first-order valence-corrected chi connectivity index (χ1v) is 6.51. The summed E-state index contributed by atoms with van der Waals surface area (Å²) in [5.74, 6) is -3.60. The molecule has 0 fully saturated rings. The number of halogens is 2. The Hall–Kier alpha value is -2.70. The van der Waals surface area contributed by atoms with Crippen molar-refractivity contribution in [1.29, 1.82) is 0 Å². The molecule has 7 heteroatoms. The molecule has 22 heavy (non-hydrogen) atoms. The van der Waals surface area contributed by atoms with E-state index in [0.717, 1.165) is 6.07 Å². The van der Waals surface area contributed by atoms with Gasteiger partial charge < -0.3 is 14.0 Å². The van der Waals surface area contributed by atoms with Gasteiger partial charge in [-0.15, -0.1) is 0 Å². The molecule has 0 N–H and O–H groups in total. The van der Waals surface area contributed by atoms with Crippen LogP contribution in [0.4, 0.5) is 8.78 Å². The zero-order valence-corrected chi connectivity index (χ0v) is 11.6. The Morgan fingerprint density at radius 3 is 2.91 bits per heavy atom. The molecule has 0 saturated carbocycles. The number of hydrogen-bond donors (Lipinski definition) is 0. The highest BCUT2D eigenvalue weighted by Crippen LogP contribution is 2.34. The first-order valence-electron chi connectivity index (χ1n) is 6.51. The van der Waals surface area contributed by atoms with Gasteiger partial charge in [0, 0.05) is 6.20 Å². The fraction of sp³-hybridized carbons (Fsp3) is 0.200. The number of rotatable bonds is 2. The summed E-state index contributed by atoms with van der Waals surface area (Å²) in [6.45, 7) is 5.33. The average molecular weight is 307 g/mol. The lowest BCUT2D eigenvalue weighted by Crippen LogP contribution is -2.24. The van der Waals surface area contributed by atoms with Crippen molar-refractivity contribution < 1.29 is 23.0 Å². The Morgan fingerprint density at radius 2 is 2.23 bits per heavy atom. The molecule has 5 nitrogen and oxygen atoms in total. The predicted octanol–water partition coefficient (Wildman–Crippen LogP) is 2.32. The maximum absolute atomic E-state index is 13.8. The molecule has 0 amide bonds. The predicted molar refractivity (Wildman–Crippen MR) is 74.9 cm³/mol. The number of ether oxygens (including phenoxy) is 2. The molecule has 0 saturated heterocycles. The molecule has 3 rings (SSSR count). The third-order valence-corrected chi connectivity index (χ3v) is 3.36. The molecular formula is C15H11F2NO4. The molecule has 0 atom stereocenters. The zero-order valence-electron chi connectivity index (χ0n) is 11.6. The third-order valence-electron chi connectivity index (χ3n) is 3.36. The average Bonchev–Trinajstić information content (AvgIpc) is 2.48. The Balaban J connectivity index is 2.45. The van der Waals surface area contributed by atoms with E-state index in [2.05, 4.69) is 6.58 Å². The summed E-state index contributed by atoms with van der Waals surface area (Å²) in [6, 6.07) is 0.748. The molecule has 0 unspecified atom stereocenters. The van der Waals surface area contributed by atoms with Crippen molar-refractivity contribution in [2.45, 2.75) is 6.92 Å². The van der Waals surface area contributed by atoms with E-state index in [4.69, 9.17) is 9.47 Å². The Labute approximate surface area is 123 Å². The van der Waals surface area contributed by atoms with Crippen LogP contribution >= 0.6 is 0 Å². The summed E-state index contributed by atoms with van der Waals surface area (Å²) >= 11 is 0. The highest BCUT2D eigenvalue weighted by molar-refractivity contribution is 5.97. The number of pyridine rings is 1. The summed E-state index contributed by atoms with van der Waals surface area (Å²) in [4.78, 5) is 24.2. The first kappa shape index (κ1) is 14.2. The van der Waals surface area contributed by atoms with E-state index in [1.54, 1.807) is 6.92 Å². The van der Waals surface area contributed by atoms with Gasteiger partial charge in [0.1, 0.15) is 17.7 Å². The second kappa shape index (κ2) is 4.94. The van der Waals surface area contributed by atoms with Gasteiger partial charge in [-0.25, -0.2) is 9.18 Å². The van der Waals surface area contributed by atoms with Crippen LogP contribution < -0.4 is 10.2 Å². The van der Waals surface area contributed by atoms with Gasteiger partial charge in [-0.1, -0.05) is 6.58 Å². The summed E-state index contributed by atoms with van der Waals surface area (Å²) in [5, 5.41) is -0.166. The normalized spacial score (nSPS) is 13.1. The lowest BCUT2D eigenvalue weighted by molar-refractivity contribution is 0.0524. The van der Waals surface area contributed by atoms with Crippen LogP contribution in [0, 0.1) is 11.6 Å². The minimum atomic E-state index is -1.22. The molecule has 0 aliphatic carbocycles. The molecular weight excluding hydrogens is 296 g/mol.